The van der Waals surface area contributed by atoms with Crippen LogP contribution in [0.3, 0.4) is 0 Å². The van der Waals surface area contributed by atoms with E-state index in [0.717, 1.165) is 11.3 Å². The number of halogens is 2. The van der Waals surface area contributed by atoms with Gasteiger partial charge in [0.25, 0.3) is 5.91 Å². The fourth-order valence-electron chi connectivity index (χ4n) is 3.37. The molecule has 11 heteroatoms. The van der Waals surface area contributed by atoms with E-state index in [1.54, 1.807) is 23.6 Å². The van der Waals surface area contributed by atoms with Gasteiger partial charge in [0.1, 0.15) is 21.6 Å². The number of anilines is 3. The van der Waals surface area contributed by atoms with Crippen molar-refractivity contribution in [2.75, 3.05) is 16.8 Å². The summed E-state index contributed by atoms with van der Waals surface area (Å²) in [5.41, 5.74) is 14.9. The number of rotatable bonds is 4. The van der Waals surface area contributed by atoms with E-state index in [1.807, 2.05) is 13.8 Å². The van der Waals surface area contributed by atoms with E-state index >= 15 is 0 Å². The molecule has 3 heterocycles. The van der Waals surface area contributed by atoms with Crippen LogP contribution in [0, 0.1) is 11.3 Å². The van der Waals surface area contributed by atoms with E-state index in [1.165, 1.54) is 11.3 Å². The molecule has 0 fully saturated rings. The molecule has 4 rings (SSSR count). The van der Waals surface area contributed by atoms with E-state index in [4.69, 9.17) is 34.7 Å². The van der Waals surface area contributed by atoms with Crippen molar-refractivity contribution >= 4 is 78.6 Å². The summed E-state index contributed by atoms with van der Waals surface area (Å²) in [5, 5.41) is 16.1. The zero-order chi connectivity index (χ0) is 23.2. The fourth-order valence-corrected chi connectivity index (χ4v) is 5.59. The standard InChI is InChI=1S/C21H16Cl2N6OS2/c1-8(2)14-11(6-24)18(26)28-20-15(14)16(25)17(32-20)19(30)29-21-27-13(7-31-21)10-4-3-9(22)5-12(10)23/h3-5,7-8H,25H2,1-2H3,(H2,26,28)(H,27,29,30). The van der Waals surface area contributed by atoms with Gasteiger partial charge in [0.15, 0.2) is 5.13 Å². The maximum atomic E-state index is 13.0. The fraction of sp³-hybridized carbons (Fsp3) is 0.143. The second kappa shape index (κ2) is 8.56. The zero-order valence-corrected chi connectivity index (χ0v) is 20.0. The van der Waals surface area contributed by atoms with Crippen LogP contribution in [0.1, 0.15) is 40.6 Å². The third-order valence-corrected chi connectivity index (χ3v) is 7.17. The molecule has 4 aromatic rings. The molecular weight excluding hydrogens is 487 g/mol. The number of nitriles is 1. The summed E-state index contributed by atoms with van der Waals surface area (Å²) in [6.07, 6.45) is 0. The predicted molar refractivity (Wildman–Crippen MR) is 133 cm³/mol. The van der Waals surface area contributed by atoms with Crippen LogP contribution in [-0.2, 0) is 0 Å². The highest BCUT2D eigenvalue weighted by Gasteiger charge is 2.25. The number of nitrogen functional groups attached to an aromatic ring is 2. The number of nitrogens with two attached hydrogens (primary N) is 2. The lowest BCUT2D eigenvalue weighted by Crippen LogP contribution is -2.12. The Balaban J connectivity index is 1.70. The molecule has 0 radical (unpaired) electrons. The van der Waals surface area contributed by atoms with Crippen molar-refractivity contribution < 1.29 is 4.79 Å². The van der Waals surface area contributed by atoms with Crippen LogP contribution >= 0.6 is 45.9 Å². The number of carbonyl (C=O) groups excluding carboxylic acids is 1. The van der Waals surface area contributed by atoms with E-state index in [0.29, 0.717) is 42.2 Å². The van der Waals surface area contributed by atoms with Crippen molar-refractivity contribution in [3.8, 4) is 17.3 Å². The Hall–Kier alpha value is -2.90. The molecule has 0 aliphatic heterocycles. The highest BCUT2D eigenvalue weighted by Crippen LogP contribution is 2.41. The Bertz CT molecular complexity index is 1420. The summed E-state index contributed by atoms with van der Waals surface area (Å²) in [7, 11) is 0. The van der Waals surface area contributed by atoms with Crippen LogP contribution in [0.5, 0.6) is 0 Å². The van der Waals surface area contributed by atoms with Gasteiger partial charge in [-0.3, -0.25) is 10.1 Å². The molecule has 0 atom stereocenters. The summed E-state index contributed by atoms with van der Waals surface area (Å²) in [5.74, 6) is -0.322. The number of carbonyl (C=O) groups is 1. The molecule has 1 amide bonds. The lowest BCUT2D eigenvalue weighted by Gasteiger charge is -2.12. The molecule has 162 valence electrons. The van der Waals surface area contributed by atoms with Gasteiger partial charge < -0.3 is 11.5 Å². The summed E-state index contributed by atoms with van der Waals surface area (Å²) in [6, 6.07) is 7.23. The Morgan fingerprint density at radius 2 is 2.00 bits per heavy atom. The molecule has 0 spiro atoms. The Labute approximate surface area is 201 Å². The molecular formula is C21H16Cl2N6OS2. The van der Waals surface area contributed by atoms with Gasteiger partial charge in [-0.25, -0.2) is 9.97 Å². The highest BCUT2D eigenvalue weighted by atomic mass is 35.5. The number of nitrogens with one attached hydrogen (secondary N) is 1. The molecule has 0 unspecified atom stereocenters. The number of hydrogen-bond acceptors (Lipinski definition) is 8. The van der Waals surface area contributed by atoms with Crippen molar-refractivity contribution in [3.05, 3.63) is 49.6 Å². The van der Waals surface area contributed by atoms with Crippen LogP contribution in [0.15, 0.2) is 23.6 Å². The van der Waals surface area contributed by atoms with Crippen LogP contribution in [0.2, 0.25) is 10.0 Å². The summed E-state index contributed by atoms with van der Waals surface area (Å²) >= 11 is 14.6. The van der Waals surface area contributed by atoms with E-state index in [2.05, 4.69) is 21.4 Å². The number of pyridine rings is 1. The van der Waals surface area contributed by atoms with Gasteiger partial charge in [0, 0.05) is 21.4 Å². The molecule has 0 saturated carbocycles. The van der Waals surface area contributed by atoms with Gasteiger partial charge in [-0.15, -0.1) is 22.7 Å². The molecule has 5 N–H and O–H groups in total. The normalized spacial score (nSPS) is 11.1. The summed E-state index contributed by atoms with van der Waals surface area (Å²) in [4.78, 5) is 22.5. The first-order chi connectivity index (χ1) is 15.2. The third-order valence-electron chi connectivity index (χ3n) is 4.77. The van der Waals surface area contributed by atoms with Crippen LogP contribution in [0.25, 0.3) is 21.5 Å². The monoisotopic (exact) mass is 502 g/mol. The SMILES string of the molecule is CC(C)c1c(C#N)c(N)nc2sc(C(=O)Nc3nc(-c4ccc(Cl)cc4Cl)cs3)c(N)c12. The van der Waals surface area contributed by atoms with Crippen molar-refractivity contribution in [3.63, 3.8) is 0 Å². The minimum atomic E-state index is -0.416. The lowest BCUT2D eigenvalue weighted by atomic mass is 9.95. The molecule has 1 aromatic carbocycles. The van der Waals surface area contributed by atoms with Crippen molar-refractivity contribution in [1.29, 1.82) is 5.26 Å². The Kier molecular flexibility index (Phi) is 5.97. The van der Waals surface area contributed by atoms with Gasteiger partial charge in [0.05, 0.1) is 22.0 Å². The van der Waals surface area contributed by atoms with Crippen molar-refractivity contribution in [1.82, 2.24) is 9.97 Å². The van der Waals surface area contributed by atoms with Gasteiger partial charge in [-0.1, -0.05) is 37.0 Å². The molecule has 0 bridgehead atoms. The average molecular weight is 503 g/mol. The molecule has 0 aliphatic rings. The number of fused-ring (bicyclic) bond motifs is 1. The minimum Gasteiger partial charge on any atom is -0.397 e. The topological polar surface area (TPSA) is 131 Å². The molecule has 0 aliphatic carbocycles. The maximum Gasteiger partial charge on any atom is 0.269 e. The zero-order valence-electron chi connectivity index (χ0n) is 16.9. The third kappa shape index (κ3) is 3.87. The number of thiophene rings is 1. The van der Waals surface area contributed by atoms with Crippen molar-refractivity contribution in [2.24, 2.45) is 0 Å². The Morgan fingerprint density at radius 1 is 1.25 bits per heavy atom. The number of nitrogens with zero attached hydrogens (tertiary/aromatic N) is 3. The summed E-state index contributed by atoms with van der Waals surface area (Å²) in [6.45, 7) is 3.87. The van der Waals surface area contributed by atoms with E-state index < -0.39 is 5.91 Å². The van der Waals surface area contributed by atoms with Crippen LogP contribution in [-0.4, -0.2) is 15.9 Å². The minimum absolute atomic E-state index is 0.0316. The molecule has 0 saturated heterocycles. The largest absolute Gasteiger partial charge is 0.397 e. The van der Waals surface area contributed by atoms with Gasteiger partial charge in [-0.2, -0.15) is 5.26 Å². The summed E-state index contributed by atoms with van der Waals surface area (Å²) < 4.78 is 0. The predicted octanol–water partition coefficient (Wildman–Crippen LogP) is 6.14. The number of thiazole rings is 1. The maximum absolute atomic E-state index is 13.0. The number of benzene rings is 1. The van der Waals surface area contributed by atoms with E-state index in [9.17, 15) is 10.1 Å². The van der Waals surface area contributed by atoms with Gasteiger partial charge in [-0.05, 0) is 29.7 Å². The van der Waals surface area contributed by atoms with E-state index in [-0.39, 0.29) is 27.9 Å². The first-order valence-electron chi connectivity index (χ1n) is 9.35. The smallest absolute Gasteiger partial charge is 0.269 e. The Morgan fingerprint density at radius 3 is 2.66 bits per heavy atom. The van der Waals surface area contributed by atoms with Crippen LogP contribution in [0.4, 0.5) is 16.6 Å². The number of hydrogen-bond donors (Lipinski definition) is 3. The second-order valence-electron chi connectivity index (χ2n) is 7.19. The quantitative estimate of drug-likeness (QED) is 0.307. The lowest BCUT2D eigenvalue weighted by molar-refractivity contribution is 0.103. The second-order valence-corrected chi connectivity index (χ2v) is 9.89. The number of aromatic nitrogens is 2. The first-order valence-corrected chi connectivity index (χ1v) is 11.8. The first kappa shape index (κ1) is 22.3. The van der Waals surface area contributed by atoms with Gasteiger partial charge >= 0.3 is 0 Å². The molecule has 3 aromatic heterocycles. The van der Waals surface area contributed by atoms with Gasteiger partial charge in [0.2, 0.25) is 0 Å². The van der Waals surface area contributed by atoms with Crippen LogP contribution < -0.4 is 16.8 Å². The van der Waals surface area contributed by atoms with Crippen molar-refractivity contribution in [2.45, 2.75) is 19.8 Å². The average Bonchev–Trinajstić information content (AvgIpc) is 3.31. The molecule has 7 nitrogen and oxygen atoms in total. The molecule has 32 heavy (non-hydrogen) atoms. The highest BCUT2D eigenvalue weighted by molar-refractivity contribution is 7.21. The number of amides is 1.